The Morgan fingerprint density at radius 3 is 1.66 bits per heavy atom. The SMILES string of the molecule is CC1(C)c2ccccc2C2(c3ccccc3Sc3ccccc32)c2cc(-c3ccccc3-c3nc(-c4ccccc4)nc(-c4cccc(-c5ccccn5)c4)n3)ccc21. The number of rotatable bonds is 5. The zero-order valence-corrected chi connectivity index (χ0v) is 33.5. The Hall–Kier alpha value is -6.95. The number of pyridine rings is 1. The summed E-state index contributed by atoms with van der Waals surface area (Å²) in [6.45, 7) is 4.75. The van der Waals surface area contributed by atoms with Crippen LogP contribution in [0.5, 0.6) is 0 Å². The van der Waals surface area contributed by atoms with Gasteiger partial charge >= 0.3 is 0 Å². The smallest absolute Gasteiger partial charge is 0.164 e. The minimum Gasteiger partial charge on any atom is -0.256 e. The molecule has 9 aromatic rings. The Labute approximate surface area is 348 Å². The molecule has 0 N–H and O–H groups in total. The minimum absolute atomic E-state index is 0.235. The van der Waals surface area contributed by atoms with Gasteiger partial charge in [-0.3, -0.25) is 4.98 Å². The monoisotopic (exact) mass is 774 g/mol. The van der Waals surface area contributed by atoms with Crippen LogP contribution < -0.4 is 0 Å². The first-order valence-corrected chi connectivity index (χ1v) is 20.9. The maximum atomic E-state index is 5.26. The van der Waals surface area contributed by atoms with Gasteiger partial charge in [-0.2, -0.15) is 0 Å². The van der Waals surface area contributed by atoms with E-state index in [1.165, 1.54) is 43.2 Å². The van der Waals surface area contributed by atoms with Crippen LogP contribution in [0.2, 0.25) is 0 Å². The molecule has 11 rings (SSSR count). The van der Waals surface area contributed by atoms with E-state index in [1.807, 2.05) is 60.4 Å². The normalized spacial score (nSPS) is 14.1. The molecule has 0 fully saturated rings. The van der Waals surface area contributed by atoms with Crippen LogP contribution in [-0.4, -0.2) is 19.9 Å². The van der Waals surface area contributed by atoms with Gasteiger partial charge in [0.2, 0.25) is 0 Å². The predicted molar refractivity (Wildman–Crippen MR) is 239 cm³/mol. The van der Waals surface area contributed by atoms with Gasteiger partial charge < -0.3 is 0 Å². The summed E-state index contributed by atoms with van der Waals surface area (Å²) in [5.41, 5.74) is 14.1. The van der Waals surface area contributed by atoms with E-state index in [1.54, 1.807) is 0 Å². The van der Waals surface area contributed by atoms with Gasteiger partial charge in [0, 0.05) is 43.7 Å². The second kappa shape index (κ2) is 13.9. The summed E-state index contributed by atoms with van der Waals surface area (Å²) in [6.07, 6.45) is 1.82. The third kappa shape index (κ3) is 5.60. The molecule has 59 heavy (non-hydrogen) atoms. The zero-order chi connectivity index (χ0) is 39.6. The minimum atomic E-state index is -0.524. The van der Waals surface area contributed by atoms with Crippen LogP contribution in [0.1, 0.15) is 47.2 Å². The van der Waals surface area contributed by atoms with Crippen LogP contribution in [0.25, 0.3) is 56.5 Å². The second-order valence-electron chi connectivity index (χ2n) is 15.8. The summed E-state index contributed by atoms with van der Waals surface area (Å²) < 4.78 is 0. The molecule has 4 nitrogen and oxygen atoms in total. The van der Waals surface area contributed by atoms with E-state index in [9.17, 15) is 0 Å². The fourth-order valence-corrected chi connectivity index (χ4v) is 10.6. The van der Waals surface area contributed by atoms with Crippen LogP contribution in [0.15, 0.2) is 204 Å². The highest BCUT2D eigenvalue weighted by Crippen LogP contribution is 2.62. The maximum Gasteiger partial charge on any atom is 0.164 e. The molecule has 1 aliphatic carbocycles. The highest BCUT2D eigenvalue weighted by Gasteiger charge is 2.52. The van der Waals surface area contributed by atoms with Gasteiger partial charge in [-0.05, 0) is 80.9 Å². The third-order valence-corrected chi connectivity index (χ3v) is 13.3. The first kappa shape index (κ1) is 35.2. The molecule has 1 spiro atoms. The fourth-order valence-electron chi connectivity index (χ4n) is 9.41. The van der Waals surface area contributed by atoms with E-state index in [4.69, 9.17) is 15.0 Å². The first-order chi connectivity index (χ1) is 29.0. The fraction of sp³-hybridized carbons (Fsp3) is 0.0741. The maximum absolute atomic E-state index is 5.26. The molecule has 0 unspecified atom stereocenters. The average molecular weight is 775 g/mol. The molecule has 0 saturated heterocycles. The Morgan fingerprint density at radius 2 is 0.932 bits per heavy atom. The van der Waals surface area contributed by atoms with Crippen LogP contribution in [0.3, 0.4) is 0 Å². The molecule has 0 bridgehead atoms. The van der Waals surface area contributed by atoms with Gasteiger partial charge in [-0.1, -0.05) is 177 Å². The summed E-state index contributed by atoms with van der Waals surface area (Å²) in [4.78, 5) is 22.7. The van der Waals surface area contributed by atoms with Gasteiger partial charge in [0.05, 0.1) is 11.1 Å². The van der Waals surface area contributed by atoms with Gasteiger partial charge in [-0.15, -0.1) is 0 Å². The lowest BCUT2D eigenvalue weighted by Gasteiger charge is -2.50. The molecular formula is C54H38N4S. The Balaban J connectivity index is 1.14. The second-order valence-corrected chi connectivity index (χ2v) is 16.9. The van der Waals surface area contributed by atoms with E-state index in [-0.39, 0.29) is 5.41 Å². The van der Waals surface area contributed by atoms with Gasteiger partial charge in [-0.25, -0.2) is 15.0 Å². The van der Waals surface area contributed by atoms with Gasteiger partial charge in [0.1, 0.15) is 0 Å². The summed E-state index contributed by atoms with van der Waals surface area (Å²) in [5.74, 6) is 1.85. The van der Waals surface area contributed by atoms with Crippen molar-refractivity contribution in [2.45, 2.75) is 34.5 Å². The Bertz CT molecular complexity index is 3020. The number of nitrogens with zero attached hydrogens (tertiary/aromatic N) is 4. The highest BCUT2D eigenvalue weighted by atomic mass is 32.2. The summed E-state index contributed by atoms with van der Waals surface area (Å²) in [7, 11) is 0. The van der Waals surface area contributed by atoms with E-state index in [2.05, 4.69) is 164 Å². The van der Waals surface area contributed by atoms with Crippen LogP contribution >= 0.6 is 11.8 Å². The van der Waals surface area contributed by atoms with Crippen LogP contribution in [0, 0.1) is 0 Å². The molecule has 3 heterocycles. The molecule has 280 valence electrons. The molecule has 0 atom stereocenters. The van der Waals surface area contributed by atoms with Crippen molar-refractivity contribution in [2.24, 2.45) is 0 Å². The van der Waals surface area contributed by atoms with Crippen molar-refractivity contribution in [1.82, 2.24) is 19.9 Å². The molecule has 2 aliphatic rings. The largest absolute Gasteiger partial charge is 0.256 e. The van der Waals surface area contributed by atoms with Crippen molar-refractivity contribution in [2.75, 3.05) is 0 Å². The van der Waals surface area contributed by atoms with Crippen molar-refractivity contribution in [1.29, 1.82) is 0 Å². The van der Waals surface area contributed by atoms with E-state index < -0.39 is 5.41 Å². The van der Waals surface area contributed by atoms with Crippen molar-refractivity contribution >= 4 is 11.8 Å². The van der Waals surface area contributed by atoms with E-state index in [0.29, 0.717) is 17.5 Å². The lowest BCUT2D eigenvalue weighted by molar-refractivity contribution is 0.549. The molecular weight excluding hydrogens is 737 g/mol. The lowest BCUT2D eigenvalue weighted by Crippen LogP contribution is -2.43. The van der Waals surface area contributed by atoms with Crippen molar-refractivity contribution < 1.29 is 0 Å². The summed E-state index contributed by atoms with van der Waals surface area (Å²) in [5, 5.41) is 0. The number of benzene rings is 7. The number of hydrogen-bond acceptors (Lipinski definition) is 5. The Morgan fingerprint density at radius 1 is 0.373 bits per heavy atom. The summed E-state index contributed by atoms with van der Waals surface area (Å²) in [6, 6.07) is 67.2. The highest BCUT2D eigenvalue weighted by molar-refractivity contribution is 7.99. The van der Waals surface area contributed by atoms with Crippen molar-refractivity contribution in [3.05, 3.63) is 228 Å². The molecule has 2 aromatic heterocycles. The summed E-state index contributed by atoms with van der Waals surface area (Å²) >= 11 is 1.87. The van der Waals surface area contributed by atoms with Crippen molar-refractivity contribution in [3.63, 3.8) is 0 Å². The van der Waals surface area contributed by atoms with E-state index in [0.717, 1.165) is 39.1 Å². The van der Waals surface area contributed by atoms with E-state index >= 15 is 0 Å². The number of aromatic nitrogens is 4. The molecule has 0 radical (unpaired) electrons. The van der Waals surface area contributed by atoms with Crippen molar-refractivity contribution in [3.8, 4) is 56.5 Å². The van der Waals surface area contributed by atoms with Crippen LogP contribution in [0.4, 0.5) is 0 Å². The molecule has 0 amide bonds. The standard InChI is InChI=1S/C54H38N4S/c1-53(2)41-23-8-9-24-43(41)54(44-25-10-12-28-48(44)59-49-29-13-11-26-45(49)54)46-34-36(30-31-42(46)53)39-21-6-7-22-40(39)52-57-50(35-17-4-3-5-18-35)56-51(58-52)38-20-16-19-37(33-38)47-27-14-15-32-55-47/h3-34H,1-2H3. The topological polar surface area (TPSA) is 51.6 Å². The van der Waals surface area contributed by atoms with Gasteiger partial charge in [0.15, 0.2) is 17.5 Å². The molecule has 1 aliphatic heterocycles. The number of hydrogen-bond donors (Lipinski definition) is 0. The quantitative estimate of drug-likeness (QED) is 0.174. The molecule has 7 aromatic carbocycles. The zero-order valence-electron chi connectivity index (χ0n) is 32.7. The van der Waals surface area contributed by atoms with Crippen LogP contribution in [-0.2, 0) is 10.8 Å². The third-order valence-electron chi connectivity index (χ3n) is 12.1. The predicted octanol–water partition coefficient (Wildman–Crippen LogP) is 13.1. The number of fused-ring (bicyclic) bond motifs is 8. The lowest BCUT2D eigenvalue weighted by atomic mass is 9.54. The molecule has 0 saturated carbocycles. The first-order valence-electron chi connectivity index (χ1n) is 20.0. The average Bonchev–Trinajstić information content (AvgIpc) is 3.31. The Kier molecular flexibility index (Phi) is 8.28. The van der Waals surface area contributed by atoms with Gasteiger partial charge in [0.25, 0.3) is 0 Å². The molecule has 5 heteroatoms.